The van der Waals surface area contributed by atoms with Crippen molar-refractivity contribution in [1.29, 1.82) is 0 Å². The molecule has 0 unspecified atom stereocenters. The van der Waals surface area contributed by atoms with E-state index in [2.05, 4.69) is 4.90 Å². The van der Waals surface area contributed by atoms with Crippen molar-refractivity contribution in [3.8, 4) is 5.75 Å². The van der Waals surface area contributed by atoms with Crippen LogP contribution in [0.25, 0.3) is 0 Å². The third-order valence-electron chi connectivity index (χ3n) is 5.24. The van der Waals surface area contributed by atoms with Gasteiger partial charge in [0.25, 0.3) is 0 Å². The van der Waals surface area contributed by atoms with Gasteiger partial charge in [0.15, 0.2) is 0 Å². The second-order valence-electron chi connectivity index (χ2n) is 6.94. The lowest BCUT2D eigenvalue weighted by Crippen LogP contribution is -2.44. The van der Waals surface area contributed by atoms with Crippen molar-refractivity contribution in [2.24, 2.45) is 0 Å². The van der Waals surface area contributed by atoms with Gasteiger partial charge in [0, 0.05) is 19.6 Å². The van der Waals surface area contributed by atoms with Gasteiger partial charge in [0.05, 0.1) is 18.8 Å². The number of aliphatic hydroxyl groups excluding tert-OH is 1. The Balaban J connectivity index is 1.61. The fourth-order valence-electron chi connectivity index (χ4n) is 3.67. The predicted octanol–water partition coefficient (Wildman–Crippen LogP) is 3.02. The van der Waals surface area contributed by atoms with Gasteiger partial charge >= 0.3 is 0 Å². The van der Waals surface area contributed by atoms with Gasteiger partial charge in [0.2, 0.25) is 0 Å². The van der Waals surface area contributed by atoms with E-state index in [1.165, 1.54) is 0 Å². The highest BCUT2D eigenvalue weighted by atomic mass is 16.5. The van der Waals surface area contributed by atoms with Crippen molar-refractivity contribution in [3.05, 3.63) is 65.2 Å². The number of hydrogen-bond donors (Lipinski definition) is 2. The number of likely N-dealkylation sites (tertiary alicyclic amines) is 1. The molecule has 0 aromatic heterocycles. The fourth-order valence-corrected chi connectivity index (χ4v) is 3.67. The molecule has 2 aromatic carbocycles. The minimum atomic E-state index is -0.761. The van der Waals surface area contributed by atoms with Crippen LogP contribution in [0.15, 0.2) is 48.5 Å². The summed E-state index contributed by atoms with van der Waals surface area (Å²) in [5, 5.41) is 21.6. The molecule has 4 nitrogen and oxygen atoms in total. The molecule has 0 spiro atoms. The van der Waals surface area contributed by atoms with Crippen LogP contribution in [-0.2, 0) is 5.60 Å². The van der Waals surface area contributed by atoms with E-state index in [9.17, 15) is 10.2 Å². The van der Waals surface area contributed by atoms with Crippen LogP contribution in [0.2, 0.25) is 0 Å². The summed E-state index contributed by atoms with van der Waals surface area (Å²) in [6.45, 7) is 4.15. The zero-order chi connectivity index (χ0) is 17.9. The van der Waals surface area contributed by atoms with Crippen LogP contribution in [-0.4, -0.2) is 41.9 Å². The summed E-state index contributed by atoms with van der Waals surface area (Å²) in [7, 11) is 1.63. The number of nitrogens with zero attached hydrogens (tertiary/aromatic N) is 1. The van der Waals surface area contributed by atoms with Gasteiger partial charge in [-0.1, -0.05) is 36.4 Å². The highest BCUT2D eigenvalue weighted by molar-refractivity contribution is 5.32. The molecule has 0 bridgehead atoms. The summed E-state index contributed by atoms with van der Waals surface area (Å²) >= 11 is 0. The van der Waals surface area contributed by atoms with Crippen molar-refractivity contribution >= 4 is 0 Å². The Morgan fingerprint density at radius 3 is 2.52 bits per heavy atom. The van der Waals surface area contributed by atoms with Crippen LogP contribution < -0.4 is 4.74 Å². The monoisotopic (exact) mass is 341 g/mol. The molecule has 1 heterocycles. The molecule has 0 radical (unpaired) electrons. The van der Waals surface area contributed by atoms with Gasteiger partial charge in [-0.3, -0.25) is 0 Å². The molecule has 2 N–H and O–H groups in total. The van der Waals surface area contributed by atoms with Crippen LogP contribution in [0.5, 0.6) is 5.75 Å². The lowest BCUT2D eigenvalue weighted by atomic mass is 9.82. The lowest BCUT2D eigenvalue weighted by molar-refractivity contribution is -0.0349. The van der Waals surface area contributed by atoms with Crippen molar-refractivity contribution in [2.45, 2.75) is 31.5 Å². The Bertz CT molecular complexity index is 708. The number of rotatable bonds is 5. The zero-order valence-corrected chi connectivity index (χ0v) is 15.0. The first-order chi connectivity index (χ1) is 12.0. The number of benzene rings is 2. The van der Waals surface area contributed by atoms with E-state index in [1.807, 2.05) is 55.5 Å². The average molecular weight is 341 g/mol. The zero-order valence-electron chi connectivity index (χ0n) is 15.0. The number of ether oxygens (including phenoxy) is 1. The Labute approximate surface area is 149 Å². The lowest BCUT2D eigenvalue weighted by Gasteiger charge is -2.39. The molecule has 0 aliphatic carbocycles. The first-order valence-electron chi connectivity index (χ1n) is 8.85. The fraction of sp³-hybridized carbons (Fsp3) is 0.429. The number of aliphatic hydroxyl groups is 2. The largest absolute Gasteiger partial charge is 0.497 e. The first kappa shape index (κ1) is 17.9. The molecule has 25 heavy (non-hydrogen) atoms. The summed E-state index contributed by atoms with van der Waals surface area (Å²) < 4.78 is 5.22. The molecular weight excluding hydrogens is 314 g/mol. The number of methoxy groups -OCH3 is 1. The van der Waals surface area contributed by atoms with E-state index in [0.29, 0.717) is 19.4 Å². The third-order valence-corrected chi connectivity index (χ3v) is 5.24. The van der Waals surface area contributed by atoms with E-state index in [4.69, 9.17) is 4.74 Å². The Hall–Kier alpha value is -1.88. The number of piperidine rings is 1. The van der Waals surface area contributed by atoms with E-state index < -0.39 is 11.7 Å². The molecule has 1 aliphatic heterocycles. The second-order valence-corrected chi connectivity index (χ2v) is 6.94. The molecule has 1 fully saturated rings. The minimum absolute atomic E-state index is 0.556. The summed E-state index contributed by atoms with van der Waals surface area (Å²) in [4.78, 5) is 2.22. The molecule has 1 saturated heterocycles. The second kappa shape index (κ2) is 7.56. The van der Waals surface area contributed by atoms with Crippen molar-refractivity contribution in [3.63, 3.8) is 0 Å². The highest BCUT2D eigenvalue weighted by Crippen LogP contribution is 2.35. The SMILES string of the molecule is COc1cccc([C@@H](O)CN2CCC(O)(c3ccccc3C)CC2)c1. The summed E-state index contributed by atoms with van der Waals surface area (Å²) in [5.41, 5.74) is 2.26. The van der Waals surface area contributed by atoms with E-state index in [1.54, 1.807) is 7.11 Å². The van der Waals surface area contributed by atoms with E-state index >= 15 is 0 Å². The Kier molecular flexibility index (Phi) is 5.42. The van der Waals surface area contributed by atoms with Crippen LogP contribution in [0.4, 0.5) is 0 Å². The van der Waals surface area contributed by atoms with Crippen LogP contribution >= 0.6 is 0 Å². The topological polar surface area (TPSA) is 52.9 Å². The van der Waals surface area contributed by atoms with Crippen LogP contribution in [0, 0.1) is 6.92 Å². The van der Waals surface area contributed by atoms with Crippen molar-refractivity contribution < 1.29 is 14.9 Å². The minimum Gasteiger partial charge on any atom is -0.497 e. The Morgan fingerprint density at radius 1 is 1.12 bits per heavy atom. The third kappa shape index (κ3) is 4.03. The molecular formula is C21H27NO3. The van der Waals surface area contributed by atoms with Gasteiger partial charge in [-0.05, 0) is 48.6 Å². The Morgan fingerprint density at radius 2 is 1.84 bits per heavy atom. The maximum Gasteiger partial charge on any atom is 0.119 e. The number of hydrogen-bond acceptors (Lipinski definition) is 4. The van der Waals surface area contributed by atoms with Crippen molar-refractivity contribution in [1.82, 2.24) is 4.90 Å². The maximum absolute atomic E-state index is 11.1. The van der Waals surface area contributed by atoms with Crippen LogP contribution in [0.1, 0.15) is 35.6 Å². The predicted molar refractivity (Wildman–Crippen MR) is 98.7 cm³/mol. The molecule has 1 atom stereocenters. The van der Waals surface area contributed by atoms with E-state index in [0.717, 1.165) is 35.5 Å². The van der Waals surface area contributed by atoms with Gasteiger partial charge < -0.3 is 19.8 Å². The highest BCUT2D eigenvalue weighted by Gasteiger charge is 2.35. The molecule has 2 aromatic rings. The average Bonchev–Trinajstić information content (AvgIpc) is 2.64. The van der Waals surface area contributed by atoms with Gasteiger partial charge in [-0.2, -0.15) is 0 Å². The van der Waals surface area contributed by atoms with Gasteiger partial charge in [0.1, 0.15) is 5.75 Å². The first-order valence-corrected chi connectivity index (χ1v) is 8.85. The quantitative estimate of drug-likeness (QED) is 0.878. The number of β-amino-alcohol motifs (C(OH)–C–C–N with tert-alkyl or cyclic N) is 1. The standard InChI is InChI=1S/C21H27NO3/c1-16-6-3-4-9-19(16)21(24)10-12-22(13-11-21)15-20(23)17-7-5-8-18(14-17)25-2/h3-9,14,20,23-24H,10-13,15H2,1-2H3/t20-/m0/s1. The molecule has 0 saturated carbocycles. The normalized spacial score (nSPS) is 18.7. The number of aryl methyl sites for hydroxylation is 1. The van der Waals surface area contributed by atoms with E-state index in [-0.39, 0.29) is 0 Å². The maximum atomic E-state index is 11.1. The smallest absolute Gasteiger partial charge is 0.119 e. The molecule has 1 aliphatic rings. The molecule has 4 heteroatoms. The summed E-state index contributed by atoms with van der Waals surface area (Å²) in [6, 6.07) is 15.6. The van der Waals surface area contributed by atoms with Crippen LogP contribution in [0.3, 0.4) is 0 Å². The molecule has 134 valence electrons. The van der Waals surface area contributed by atoms with Gasteiger partial charge in [-0.15, -0.1) is 0 Å². The van der Waals surface area contributed by atoms with Gasteiger partial charge in [-0.25, -0.2) is 0 Å². The molecule has 3 rings (SSSR count). The van der Waals surface area contributed by atoms with Crippen molar-refractivity contribution in [2.75, 3.05) is 26.7 Å². The molecule has 0 amide bonds. The summed E-state index contributed by atoms with van der Waals surface area (Å²) in [6.07, 6.45) is 0.811. The summed E-state index contributed by atoms with van der Waals surface area (Å²) in [5.74, 6) is 0.754.